The van der Waals surface area contributed by atoms with E-state index in [4.69, 9.17) is 0 Å². The number of fused-ring (bicyclic) bond motifs is 2. The number of H-pyrrole nitrogens is 1. The maximum atomic E-state index is 13.4. The summed E-state index contributed by atoms with van der Waals surface area (Å²) in [7, 11) is 1.61. The number of urea groups is 1. The molecule has 0 fully saturated rings. The van der Waals surface area contributed by atoms with Gasteiger partial charge in [-0.15, -0.1) is 0 Å². The van der Waals surface area contributed by atoms with Gasteiger partial charge >= 0.3 is 6.03 Å². The number of amides is 2. The number of hydrogen-bond donors (Lipinski definition) is 2. The number of aryl methyl sites for hydroxylation is 2. The van der Waals surface area contributed by atoms with Crippen LogP contribution < -0.4 is 10.2 Å². The lowest BCUT2D eigenvalue weighted by Gasteiger charge is -2.32. The number of aromatic amines is 1. The Labute approximate surface area is 155 Å². The molecule has 7 nitrogen and oxygen atoms in total. The second kappa shape index (κ2) is 6.79. The lowest BCUT2D eigenvalue weighted by molar-refractivity contribution is 0.150. The number of alkyl halides is 2. The molecule has 4 rings (SSSR count). The summed E-state index contributed by atoms with van der Waals surface area (Å²) >= 11 is 0. The van der Waals surface area contributed by atoms with Crippen molar-refractivity contribution in [3.8, 4) is 0 Å². The molecule has 0 spiro atoms. The van der Waals surface area contributed by atoms with Gasteiger partial charge in [-0.3, -0.25) is 10.1 Å². The third-order valence-corrected chi connectivity index (χ3v) is 5.30. The Hall–Kier alpha value is -2.71. The molecule has 0 unspecified atom stereocenters. The summed E-state index contributed by atoms with van der Waals surface area (Å²) in [6, 6.07) is 1.41. The van der Waals surface area contributed by atoms with Crippen LogP contribution in [0.2, 0.25) is 0 Å². The van der Waals surface area contributed by atoms with Crippen LogP contribution in [0.1, 0.15) is 41.1 Å². The van der Waals surface area contributed by atoms with Crippen molar-refractivity contribution in [1.82, 2.24) is 25.4 Å². The summed E-state index contributed by atoms with van der Waals surface area (Å²) in [6.07, 6.45) is -0.254. The molecule has 0 saturated heterocycles. The molecular formula is C18H22F2N6O. The molecule has 144 valence electrons. The van der Waals surface area contributed by atoms with Crippen LogP contribution in [0.3, 0.4) is 0 Å². The molecule has 0 saturated carbocycles. The zero-order valence-corrected chi connectivity index (χ0v) is 15.4. The minimum absolute atomic E-state index is 0.0444. The third kappa shape index (κ3) is 3.00. The zero-order chi connectivity index (χ0) is 19.1. The van der Waals surface area contributed by atoms with E-state index in [-0.39, 0.29) is 11.6 Å². The third-order valence-electron chi connectivity index (χ3n) is 5.30. The minimum atomic E-state index is -2.57. The van der Waals surface area contributed by atoms with Crippen LogP contribution >= 0.6 is 0 Å². The van der Waals surface area contributed by atoms with Crippen molar-refractivity contribution in [2.75, 3.05) is 25.0 Å². The lowest BCUT2D eigenvalue weighted by Crippen LogP contribution is -2.41. The molecule has 2 aromatic heterocycles. The molecule has 0 atom stereocenters. The van der Waals surface area contributed by atoms with Crippen molar-refractivity contribution in [2.45, 2.75) is 39.2 Å². The Bertz CT molecular complexity index is 881. The van der Waals surface area contributed by atoms with Crippen LogP contribution in [0.15, 0.2) is 6.07 Å². The summed E-state index contributed by atoms with van der Waals surface area (Å²) in [5.41, 5.74) is 3.77. The van der Waals surface area contributed by atoms with Gasteiger partial charge in [0.2, 0.25) is 0 Å². The number of nitrogens with zero attached hydrogens (tertiary/aromatic N) is 4. The highest BCUT2D eigenvalue weighted by Gasteiger charge is 2.30. The molecule has 0 radical (unpaired) electrons. The first-order chi connectivity index (χ1) is 13.0. The number of rotatable bonds is 2. The number of carbonyl (C=O) groups is 1. The number of aromatic nitrogens is 3. The van der Waals surface area contributed by atoms with Crippen molar-refractivity contribution >= 4 is 17.5 Å². The van der Waals surface area contributed by atoms with E-state index in [0.29, 0.717) is 43.3 Å². The van der Waals surface area contributed by atoms with E-state index < -0.39 is 6.43 Å². The van der Waals surface area contributed by atoms with Gasteiger partial charge in [-0.05, 0) is 25.8 Å². The highest BCUT2D eigenvalue weighted by Crippen LogP contribution is 2.38. The number of halogens is 2. The van der Waals surface area contributed by atoms with Gasteiger partial charge in [-0.1, -0.05) is 0 Å². The molecule has 27 heavy (non-hydrogen) atoms. The second-order valence-electron chi connectivity index (χ2n) is 6.92. The molecular weight excluding hydrogens is 354 g/mol. The maximum Gasteiger partial charge on any atom is 0.317 e. The first-order valence-electron chi connectivity index (χ1n) is 9.08. The predicted molar refractivity (Wildman–Crippen MR) is 96.4 cm³/mol. The normalized spacial score (nSPS) is 16.3. The van der Waals surface area contributed by atoms with E-state index >= 15 is 0 Å². The zero-order valence-electron chi connectivity index (χ0n) is 15.4. The van der Waals surface area contributed by atoms with Crippen LogP contribution in [-0.4, -0.2) is 46.2 Å². The van der Waals surface area contributed by atoms with Crippen LogP contribution in [0.5, 0.6) is 0 Å². The van der Waals surface area contributed by atoms with E-state index in [2.05, 4.69) is 20.5 Å². The molecule has 2 aliphatic rings. The number of pyridine rings is 1. The van der Waals surface area contributed by atoms with Gasteiger partial charge in [0, 0.05) is 49.1 Å². The van der Waals surface area contributed by atoms with Gasteiger partial charge in [-0.25, -0.2) is 13.6 Å². The van der Waals surface area contributed by atoms with Gasteiger partial charge in [-0.2, -0.15) is 5.10 Å². The van der Waals surface area contributed by atoms with Gasteiger partial charge in [0.25, 0.3) is 6.43 Å². The van der Waals surface area contributed by atoms with Crippen LogP contribution in [0.4, 0.5) is 25.1 Å². The first-order valence-corrected chi connectivity index (χ1v) is 9.08. The molecule has 4 heterocycles. The summed E-state index contributed by atoms with van der Waals surface area (Å²) in [5.74, 6) is 0.699. The summed E-state index contributed by atoms with van der Waals surface area (Å²) in [6.45, 7) is 3.35. The first kappa shape index (κ1) is 17.7. The lowest BCUT2D eigenvalue weighted by atomic mass is 10.0. The second-order valence-corrected chi connectivity index (χ2v) is 6.92. The van der Waals surface area contributed by atoms with Crippen molar-refractivity contribution in [3.05, 3.63) is 34.3 Å². The van der Waals surface area contributed by atoms with Gasteiger partial charge in [0.05, 0.1) is 17.9 Å². The van der Waals surface area contributed by atoms with E-state index in [0.717, 1.165) is 29.8 Å². The summed E-state index contributed by atoms with van der Waals surface area (Å²) < 4.78 is 26.8. The van der Waals surface area contributed by atoms with Gasteiger partial charge < -0.3 is 15.1 Å². The van der Waals surface area contributed by atoms with E-state index in [9.17, 15) is 13.6 Å². The Morgan fingerprint density at radius 1 is 1.33 bits per heavy atom. The fourth-order valence-electron chi connectivity index (χ4n) is 3.88. The Morgan fingerprint density at radius 2 is 2.15 bits per heavy atom. The minimum Gasteiger partial charge on any atom is -0.341 e. The molecule has 2 N–H and O–H groups in total. The quantitative estimate of drug-likeness (QED) is 0.845. The van der Waals surface area contributed by atoms with Crippen molar-refractivity contribution in [2.24, 2.45) is 0 Å². The smallest absolute Gasteiger partial charge is 0.317 e. The Kier molecular flexibility index (Phi) is 4.45. The molecule has 0 aromatic carbocycles. The number of anilines is 2. The number of hydrogen-bond acceptors (Lipinski definition) is 4. The number of carbonyl (C=O) groups excluding carboxylic acids is 1. The molecule has 0 aliphatic carbocycles. The Balaban J connectivity index is 1.74. The summed E-state index contributed by atoms with van der Waals surface area (Å²) in [4.78, 5) is 20.1. The average Bonchev–Trinajstić information content (AvgIpc) is 3.09. The Morgan fingerprint density at radius 3 is 2.89 bits per heavy atom. The van der Waals surface area contributed by atoms with Crippen molar-refractivity contribution in [1.29, 1.82) is 0 Å². The summed E-state index contributed by atoms with van der Waals surface area (Å²) in [5, 5.41) is 10.2. The molecule has 2 amide bonds. The topological polar surface area (TPSA) is 77.2 Å². The molecule has 2 aliphatic heterocycles. The standard InChI is InChI=1S/C18H22F2N6O/c1-10-11(16(19)20)8-15-14(22-10)4-3-6-26(15)17-12-9-25(18(27)21-2)7-5-13(12)23-24-17/h8,16H,3-7,9H2,1-2H3,(H,21,27)(H,23,24). The molecule has 9 heteroatoms. The van der Waals surface area contributed by atoms with Crippen LogP contribution in [0, 0.1) is 6.92 Å². The van der Waals surface area contributed by atoms with Gasteiger partial charge in [0.1, 0.15) is 0 Å². The van der Waals surface area contributed by atoms with Gasteiger partial charge in [0.15, 0.2) is 5.82 Å². The maximum absolute atomic E-state index is 13.4. The molecule has 0 bridgehead atoms. The average molecular weight is 376 g/mol. The fourth-order valence-corrected chi connectivity index (χ4v) is 3.88. The van der Waals surface area contributed by atoms with E-state index in [1.165, 1.54) is 0 Å². The SMILES string of the molecule is CNC(=O)N1CCc2[nH]nc(N3CCCc4nc(C)c(C(F)F)cc43)c2C1. The largest absolute Gasteiger partial charge is 0.341 e. The van der Waals surface area contributed by atoms with Crippen LogP contribution in [0.25, 0.3) is 0 Å². The number of nitrogens with one attached hydrogen (secondary N) is 2. The van der Waals surface area contributed by atoms with E-state index in [1.807, 2.05) is 4.90 Å². The van der Waals surface area contributed by atoms with Crippen LogP contribution in [-0.2, 0) is 19.4 Å². The highest BCUT2D eigenvalue weighted by atomic mass is 19.3. The fraction of sp³-hybridized carbons (Fsp3) is 0.500. The highest BCUT2D eigenvalue weighted by molar-refractivity contribution is 5.75. The monoisotopic (exact) mass is 376 g/mol. The molecule has 2 aromatic rings. The predicted octanol–water partition coefficient (Wildman–Crippen LogP) is 2.83. The van der Waals surface area contributed by atoms with Crippen molar-refractivity contribution in [3.63, 3.8) is 0 Å². The van der Waals surface area contributed by atoms with Crippen molar-refractivity contribution < 1.29 is 13.6 Å². The van der Waals surface area contributed by atoms with E-state index in [1.54, 1.807) is 24.9 Å².